The normalized spacial score (nSPS) is 18.4. The minimum atomic E-state index is -3.74. The molecule has 1 aliphatic heterocycles. The van der Waals surface area contributed by atoms with Crippen LogP contribution in [-0.4, -0.2) is 38.4 Å². The van der Waals surface area contributed by atoms with Gasteiger partial charge in [-0.3, -0.25) is 4.79 Å². The zero-order valence-electron chi connectivity index (χ0n) is 14.8. The summed E-state index contributed by atoms with van der Waals surface area (Å²) in [4.78, 5) is 13.7. The van der Waals surface area contributed by atoms with Gasteiger partial charge in [-0.1, -0.05) is 20.3 Å². The van der Waals surface area contributed by atoms with Crippen molar-refractivity contribution in [2.24, 2.45) is 5.92 Å². The molecule has 0 radical (unpaired) electrons. The van der Waals surface area contributed by atoms with E-state index in [1.165, 1.54) is 11.0 Å². The van der Waals surface area contributed by atoms with Crippen LogP contribution in [0.25, 0.3) is 0 Å². The van der Waals surface area contributed by atoms with Gasteiger partial charge in [-0.25, -0.2) is 13.1 Å². The molecule has 1 aliphatic rings. The fourth-order valence-electron chi connectivity index (χ4n) is 2.69. The van der Waals surface area contributed by atoms with Gasteiger partial charge in [0.15, 0.2) is 6.19 Å². The van der Waals surface area contributed by atoms with Gasteiger partial charge in [-0.05, 0) is 53.1 Å². The number of amides is 1. The van der Waals surface area contributed by atoms with E-state index < -0.39 is 10.0 Å². The van der Waals surface area contributed by atoms with Crippen LogP contribution >= 0.6 is 22.6 Å². The van der Waals surface area contributed by atoms with Gasteiger partial charge in [-0.15, -0.1) is 0 Å². The Labute approximate surface area is 168 Å². The predicted molar refractivity (Wildman–Crippen MR) is 108 cm³/mol. The Morgan fingerprint density at radius 3 is 2.85 bits per heavy atom. The lowest BCUT2D eigenvalue weighted by Gasteiger charge is -2.15. The molecule has 7 nitrogen and oxygen atoms in total. The number of halogens is 1. The Morgan fingerprint density at radius 2 is 2.23 bits per heavy atom. The van der Waals surface area contributed by atoms with E-state index in [1.54, 1.807) is 12.1 Å². The van der Waals surface area contributed by atoms with Crippen molar-refractivity contribution >= 4 is 44.2 Å². The number of rotatable bonds is 7. The molecule has 142 valence electrons. The van der Waals surface area contributed by atoms with Gasteiger partial charge in [0, 0.05) is 34.8 Å². The third-order valence-corrected chi connectivity index (χ3v) is 7.25. The molecular weight excluding hydrogens is 467 g/mol. The highest BCUT2D eigenvalue weighted by atomic mass is 127. The molecule has 2 rings (SSSR count). The van der Waals surface area contributed by atoms with E-state index in [-0.39, 0.29) is 22.8 Å². The fourth-order valence-corrected chi connectivity index (χ4v) is 5.26. The van der Waals surface area contributed by atoms with E-state index in [2.05, 4.69) is 10.0 Å². The smallest absolute Gasteiger partial charge is 0.242 e. The van der Waals surface area contributed by atoms with E-state index in [1.807, 2.05) is 42.6 Å². The van der Waals surface area contributed by atoms with E-state index >= 15 is 0 Å². The van der Waals surface area contributed by atoms with Crippen molar-refractivity contribution in [1.82, 2.24) is 9.62 Å². The molecule has 9 heteroatoms. The van der Waals surface area contributed by atoms with E-state index in [4.69, 9.17) is 5.26 Å². The third-order valence-electron chi connectivity index (χ3n) is 4.39. The molecule has 0 spiro atoms. The van der Waals surface area contributed by atoms with Gasteiger partial charge >= 0.3 is 0 Å². The number of sulfonamides is 1. The monoisotopic (exact) mass is 490 g/mol. The molecule has 1 aromatic rings. The largest absolute Gasteiger partial charge is 0.326 e. The molecule has 1 heterocycles. The first-order valence-electron chi connectivity index (χ1n) is 8.51. The summed E-state index contributed by atoms with van der Waals surface area (Å²) in [5.74, 6) is 0.145. The fraction of sp³-hybridized carbons (Fsp3) is 0.529. The van der Waals surface area contributed by atoms with Crippen LogP contribution in [0.2, 0.25) is 0 Å². The van der Waals surface area contributed by atoms with Crippen molar-refractivity contribution in [2.75, 3.05) is 18.4 Å². The van der Waals surface area contributed by atoms with Crippen LogP contribution < -0.4 is 10.0 Å². The van der Waals surface area contributed by atoms with Crippen molar-refractivity contribution in [2.45, 2.75) is 44.0 Å². The molecule has 2 N–H and O–H groups in total. The topological polar surface area (TPSA) is 102 Å². The molecule has 1 unspecified atom stereocenters. The molecule has 1 aromatic carbocycles. The maximum Gasteiger partial charge on any atom is 0.242 e. The molecule has 26 heavy (non-hydrogen) atoms. The number of anilines is 1. The van der Waals surface area contributed by atoms with Gasteiger partial charge in [0.1, 0.15) is 0 Å². The number of carbonyl (C=O) groups excluding carboxylic acids is 1. The first kappa shape index (κ1) is 20.9. The molecule has 0 aliphatic carbocycles. The average Bonchev–Trinajstić information content (AvgIpc) is 3.03. The van der Waals surface area contributed by atoms with Gasteiger partial charge in [0.2, 0.25) is 15.9 Å². The van der Waals surface area contributed by atoms with Crippen LogP contribution in [0, 0.1) is 20.9 Å². The molecule has 0 bridgehead atoms. The summed E-state index contributed by atoms with van der Waals surface area (Å²) in [7, 11) is -3.74. The van der Waals surface area contributed by atoms with Crippen molar-refractivity contribution in [3.63, 3.8) is 0 Å². The second-order valence-corrected chi connectivity index (χ2v) is 9.41. The Kier molecular flexibility index (Phi) is 7.25. The maximum atomic E-state index is 12.7. The lowest BCUT2D eigenvalue weighted by molar-refractivity contribution is -0.117. The van der Waals surface area contributed by atoms with Crippen molar-refractivity contribution in [3.05, 3.63) is 21.8 Å². The lowest BCUT2D eigenvalue weighted by Crippen LogP contribution is -2.36. The molecule has 1 amide bonds. The first-order valence-corrected chi connectivity index (χ1v) is 11.1. The van der Waals surface area contributed by atoms with Crippen molar-refractivity contribution in [3.8, 4) is 6.19 Å². The number of nitrogens with one attached hydrogen (secondary N) is 2. The number of nitriles is 1. The molecule has 1 saturated heterocycles. The van der Waals surface area contributed by atoms with Crippen LogP contribution in [0.15, 0.2) is 23.1 Å². The summed E-state index contributed by atoms with van der Waals surface area (Å²) in [6, 6.07) is 4.56. The zero-order chi connectivity index (χ0) is 19.3. The van der Waals surface area contributed by atoms with Gasteiger partial charge < -0.3 is 10.2 Å². The lowest BCUT2D eigenvalue weighted by atomic mass is 10.1. The van der Waals surface area contributed by atoms with Crippen molar-refractivity contribution in [1.29, 1.82) is 5.26 Å². The molecule has 1 fully saturated rings. The minimum absolute atomic E-state index is 0.127. The third kappa shape index (κ3) is 5.56. The summed E-state index contributed by atoms with van der Waals surface area (Å²) in [6.45, 7) is 4.94. The highest BCUT2D eigenvalue weighted by molar-refractivity contribution is 14.1. The second kappa shape index (κ2) is 9.01. The van der Waals surface area contributed by atoms with Crippen LogP contribution in [0.1, 0.15) is 33.1 Å². The average molecular weight is 490 g/mol. The highest BCUT2D eigenvalue weighted by Gasteiger charge is 2.28. The summed E-state index contributed by atoms with van der Waals surface area (Å²) < 4.78 is 28.7. The van der Waals surface area contributed by atoms with E-state index in [0.717, 1.165) is 6.42 Å². The summed E-state index contributed by atoms with van der Waals surface area (Å²) in [6.07, 6.45) is 3.93. The second-order valence-electron chi connectivity index (χ2n) is 6.56. The SMILES string of the molecule is CCC(C)CC(=O)Nc1ccc(I)c(S(=O)(=O)N[C@@H]2CCN(C#N)C2)c1. The Morgan fingerprint density at radius 1 is 1.50 bits per heavy atom. The Balaban J connectivity index is 2.13. The van der Waals surface area contributed by atoms with E-state index in [0.29, 0.717) is 35.2 Å². The molecule has 0 aromatic heterocycles. The Hall–Kier alpha value is -1.38. The predicted octanol–water partition coefficient (Wildman–Crippen LogP) is 2.50. The number of nitrogens with zero attached hydrogens (tertiary/aromatic N) is 2. The van der Waals surface area contributed by atoms with Crippen LogP contribution in [0.3, 0.4) is 0 Å². The van der Waals surface area contributed by atoms with Gasteiger partial charge in [-0.2, -0.15) is 5.26 Å². The quantitative estimate of drug-likeness (QED) is 0.452. The van der Waals surface area contributed by atoms with Gasteiger partial charge in [0.25, 0.3) is 0 Å². The van der Waals surface area contributed by atoms with E-state index in [9.17, 15) is 13.2 Å². The first-order chi connectivity index (χ1) is 12.2. The highest BCUT2D eigenvalue weighted by Crippen LogP contribution is 2.24. The number of carbonyl (C=O) groups is 1. The Bertz CT molecular complexity index is 807. The molecule has 2 atom stereocenters. The standard InChI is InChI=1S/C17H23IN4O3S/c1-3-12(2)8-17(23)20-13-4-5-15(18)16(9-13)26(24,25)21-14-6-7-22(10-14)11-19/h4-5,9,12,14,21H,3,6-8,10H2,1-2H3,(H,20,23)/t12?,14-/m1/s1. The minimum Gasteiger partial charge on any atom is -0.326 e. The number of hydrogen-bond donors (Lipinski definition) is 2. The van der Waals surface area contributed by atoms with Crippen LogP contribution in [0.4, 0.5) is 5.69 Å². The zero-order valence-corrected chi connectivity index (χ0v) is 17.8. The summed E-state index contributed by atoms with van der Waals surface area (Å²) in [5, 5.41) is 11.7. The maximum absolute atomic E-state index is 12.7. The summed E-state index contributed by atoms with van der Waals surface area (Å²) >= 11 is 1.97. The number of likely N-dealkylation sites (tertiary alicyclic amines) is 1. The molecular formula is C17H23IN4O3S. The summed E-state index contributed by atoms with van der Waals surface area (Å²) in [5.41, 5.74) is 0.462. The number of benzene rings is 1. The van der Waals surface area contributed by atoms with Crippen molar-refractivity contribution < 1.29 is 13.2 Å². The van der Waals surface area contributed by atoms with Crippen LogP contribution in [-0.2, 0) is 14.8 Å². The molecule has 0 saturated carbocycles. The van der Waals surface area contributed by atoms with Gasteiger partial charge in [0.05, 0.1) is 4.90 Å². The van der Waals surface area contributed by atoms with Crippen LogP contribution in [0.5, 0.6) is 0 Å². The number of hydrogen-bond acceptors (Lipinski definition) is 5.